The van der Waals surface area contributed by atoms with Crippen molar-refractivity contribution in [2.75, 3.05) is 17.1 Å². The van der Waals surface area contributed by atoms with Crippen molar-refractivity contribution >= 4 is 33.1 Å². The molecule has 0 saturated heterocycles. The molecular weight excluding hydrogens is 404 g/mol. The summed E-state index contributed by atoms with van der Waals surface area (Å²) < 4.78 is 32.7. The molecule has 3 aromatic carbocycles. The Bertz CT molecular complexity index is 1170. The topological polar surface area (TPSA) is 102 Å². The molecule has 2 N–H and O–H groups in total. The molecule has 0 aliphatic heterocycles. The monoisotopic (exact) mass is 424 g/mol. The quantitative estimate of drug-likeness (QED) is 0.559. The lowest BCUT2D eigenvalue weighted by atomic mass is 10.2. The third-order valence-corrected chi connectivity index (χ3v) is 5.72. The number of methoxy groups -OCH3 is 1. The van der Waals surface area contributed by atoms with Gasteiger partial charge in [0.1, 0.15) is 5.75 Å². The predicted molar refractivity (Wildman–Crippen MR) is 115 cm³/mol. The molecule has 30 heavy (non-hydrogen) atoms. The van der Waals surface area contributed by atoms with Crippen molar-refractivity contribution in [2.24, 2.45) is 0 Å². The third kappa shape index (κ3) is 4.84. The predicted octanol–water partition coefficient (Wildman–Crippen LogP) is 3.95. The fraction of sp³-hybridized carbons (Fsp3) is 0.0909. The second-order valence-corrected chi connectivity index (χ2v) is 8.10. The Morgan fingerprint density at radius 3 is 2.03 bits per heavy atom. The van der Waals surface area contributed by atoms with Crippen LogP contribution in [0, 0.1) is 0 Å². The van der Waals surface area contributed by atoms with E-state index in [2.05, 4.69) is 10.0 Å². The molecule has 0 bridgehead atoms. The zero-order valence-corrected chi connectivity index (χ0v) is 17.2. The lowest BCUT2D eigenvalue weighted by Gasteiger charge is -2.11. The molecule has 3 aromatic rings. The standard InChI is InChI=1S/C22H20N2O5S/c1-15(25)16-9-13-19(14-10-16)30(27,28)24-18-11-7-17(8-12-18)22(26)23-20-5-3-4-6-21(20)29-2/h3-14,24H,1-2H3,(H,23,26). The fourth-order valence-corrected chi connectivity index (χ4v) is 3.77. The number of ether oxygens (including phenoxy) is 1. The largest absolute Gasteiger partial charge is 0.495 e. The highest BCUT2D eigenvalue weighted by molar-refractivity contribution is 7.92. The summed E-state index contributed by atoms with van der Waals surface area (Å²) in [5.74, 6) is 0.0358. The number of hydrogen-bond acceptors (Lipinski definition) is 5. The first-order chi connectivity index (χ1) is 14.3. The molecule has 1 amide bonds. The smallest absolute Gasteiger partial charge is 0.261 e. The van der Waals surface area contributed by atoms with Crippen molar-refractivity contribution in [3.8, 4) is 5.75 Å². The van der Waals surface area contributed by atoms with Gasteiger partial charge in [0.2, 0.25) is 0 Å². The zero-order valence-electron chi connectivity index (χ0n) is 16.4. The number of ketones is 1. The van der Waals surface area contributed by atoms with E-state index in [-0.39, 0.29) is 16.6 Å². The molecule has 0 atom stereocenters. The molecule has 154 valence electrons. The van der Waals surface area contributed by atoms with Crippen LogP contribution in [0.3, 0.4) is 0 Å². The Morgan fingerprint density at radius 2 is 1.43 bits per heavy atom. The number of Topliss-reactive ketones (excluding diaryl/α,β-unsaturated/α-hetero) is 1. The first-order valence-corrected chi connectivity index (χ1v) is 10.5. The Morgan fingerprint density at radius 1 is 0.833 bits per heavy atom. The van der Waals surface area contributed by atoms with Crippen LogP contribution in [0.25, 0.3) is 0 Å². The second kappa shape index (κ2) is 8.79. The van der Waals surface area contributed by atoms with Crippen molar-refractivity contribution in [3.63, 3.8) is 0 Å². The van der Waals surface area contributed by atoms with E-state index in [1.54, 1.807) is 24.3 Å². The first kappa shape index (κ1) is 21.1. The van der Waals surface area contributed by atoms with E-state index in [9.17, 15) is 18.0 Å². The number of hydrogen-bond donors (Lipinski definition) is 2. The van der Waals surface area contributed by atoms with Crippen LogP contribution in [0.2, 0.25) is 0 Å². The van der Waals surface area contributed by atoms with Gasteiger partial charge in [0, 0.05) is 16.8 Å². The van der Waals surface area contributed by atoms with Crippen LogP contribution in [-0.2, 0) is 10.0 Å². The van der Waals surface area contributed by atoms with E-state index in [1.807, 2.05) is 0 Å². The maximum atomic E-state index is 12.5. The lowest BCUT2D eigenvalue weighted by molar-refractivity contribution is 0.101. The molecular formula is C22H20N2O5S. The molecule has 0 spiro atoms. The molecule has 8 heteroatoms. The van der Waals surface area contributed by atoms with Gasteiger partial charge in [-0.15, -0.1) is 0 Å². The van der Waals surface area contributed by atoms with Crippen LogP contribution in [-0.4, -0.2) is 27.2 Å². The van der Waals surface area contributed by atoms with Gasteiger partial charge in [-0.2, -0.15) is 0 Å². The van der Waals surface area contributed by atoms with Gasteiger partial charge in [0.05, 0.1) is 17.7 Å². The number of anilines is 2. The van der Waals surface area contributed by atoms with Crippen molar-refractivity contribution in [3.05, 3.63) is 83.9 Å². The van der Waals surface area contributed by atoms with Gasteiger partial charge in [-0.3, -0.25) is 14.3 Å². The summed E-state index contributed by atoms with van der Waals surface area (Å²) in [5.41, 5.74) is 1.62. The van der Waals surface area contributed by atoms with Gasteiger partial charge in [-0.25, -0.2) is 8.42 Å². The Kier molecular flexibility index (Phi) is 6.17. The second-order valence-electron chi connectivity index (χ2n) is 6.42. The SMILES string of the molecule is COc1ccccc1NC(=O)c1ccc(NS(=O)(=O)c2ccc(C(C)=O)cc2)cc1. The molecule has 0 saturated carbocycles. The Labute approximate surface area is 174 Å². The van der Waals surface area contributed by atoms with Crippen molar-refractivity contribution < 1.29 is 22.7 Å². The van der Waals surface area contributed by atoms with Crippen molar-refractivity contribution in [1.29, 1.82) is 0 Å². The average Bonchev–Trinajstić information content (AvgIpc) is 2.74. The van der Waals surface area contributed by atoms with Crippen LogP contribution in [0.4, 0.5) is 11.4 Å². The minimum atomic E-state index is -3.82. The summed E-state index contributed by atoms with van der Waals surface area (Å²) in [7, 11) is -2.31. The van der Waals surface area contributed by atoms with Crippen molar-refractivity contribution in [1.82, 2.24) is 0 Å². The molecule has 0 aliphatic rings. The minimum Gasteiger partial charge on any atom is -0.495 e. The number of carbonyl (C=O) groups excluding carboxylic acids is 2. The lowest BCUT2D eigenvalue weighted by Crippen LogP contribution is -2.14. The molecule has 3 rings (SSSR count). The van der Waals surface area contributed by atoms with Crippen LogP contribution in [0.15, 0.2) is 77.7 Å². The highest BCUT2D eigenvalue weighted by Crippen LogP contribution is 2.24. The fourth-order valence-electron chi connectivity index (χ4n) is 2.71. The highest BCUT2D eigenvalue weighted by atomic mass is 32.2. The third-order valence-electron chi connectivity index (χ3n) is 4.33. The first-order valence-electron chi connectivity index (χ1n) is 8.98. The molecule has 0 heterocycles. The van der Waals surface area contributed by atoms with Gasteiger partial charge in [0.25, 0.3) is 15.9 Å². The number of amides is 1. The van der Waals surface area contributed by atoms with E-state index >= 15 is 0 Å². The number of nitrogens with one attached hydrogen (secondary N) is 2. The molecule has 7 nitrogen and oxygen atoms in total. The number of para-hydroxylation sites is 2. The summed E-state index contributed by atoms with van der Waals surface area (Å²) in [4.78, 5) is 23.8. The summed E-state index contributed by atoms with van der Waals surface area (Å²) in [5, 5.41) is 2.76. The van der Waals surface area contributed by atoms with Crippen LogP contribution in [0.1, 0.15) is 27.6 Å². The average molecular weight is 424 g/mol. The number of carbonyl (C=O) groups is 2. The van der Waals surface area contributed by atoms with Crippen LogP contribution in [0.5, 0.6) is 5.75 Å². The minimum absolute atomic E-state index is 0.0329. The van der Waals surface area contributed by atoms with Gasteiger partial charge < -0.3 is 10.1 Å². The van der Waals surface area contributed by atoms with Gasteiger partial charge in [-0.1, -0.05) is 24.3 Å². The zero-order chi connectivity index (χ0) is 21.7. The van der Waals surface area contributed by atoms with Gasteiger partial charge in [-0.05, 0) is 55.5 Å². The Hall–Kier alpha value is -3.65. The highest BCUT2D eigenvalue weighted by Gasteiger charge is 2.15. The molecule has 0 fully saturated rings. The number of sulfonamides is 1. The molecule has 0 unspecified atom stereocenters. The van der Waals surface area contributed by atoms with E-state index in [1.165, 1.54) is 62.6 Å². The van der Waals surface area contributed by atoms with Gasteiger partial charge >= 0.3 is 0 Å². The number of benzene rings is 3. The normalized spacial score (nSPS) is 10.9. The number of rotatable bonds is 7. The summed E-state index contributed by atoms with van der Waals surface area (Å²) >= 11 is 0. The molecule has 0 aromatic heterocycles. The summed E-state index contributed by atoms with van der Waals surface area (Å²) in [6, 6.07) is 18.7. The maximum Gasteiger partial charge on any atom is 0.261 e. The van der Waals surface area contributed by atoms with Crippen molar-refractivity contribution in [2.45, 2.75) is 11.8 Å². The summed E-state index contributed by atoms with van der Waals surface area (Å²) in [6.07, 6.45) is 0. The maximum absolute atomic E-state index is 12.5. The molecule has 0 aliphatic carbocycles. The van der Waals surface area contributed by atoms with Gasteiger partial charge in [0.15, 0.2) is 5.78 Å². The van der Waals surface area contributed by atoms with Crippen LogP contribution >= 0.6 is 0 Å². The van der Waals surface area contributed by atoms with E-state index in [0.717, 1.165) is 0 Å². The van der Waals surface area contributed by atoms with E-state index in [0.29, 0.717) is 28.3 Å². The Balaban J connectivity index is 1.72. The summed E-state index contributed by atoms with van der Waals surface area (Å²) in [6.45, 7) is 1.41. The van der Waals surface area contributed by atoms with Crippen LogP contribution < -0.4 is 14.8 Å². The molecule has 0 radical (unpaired) electrons. The van der Waals surface area contributed by atoms with E-state index < -0.39 is 10.0 Å². The van der Waals surface area contributed by atoms with E-state index in [4.69, 9.17) is 4.74 Å².